The van der Waals surface area contributed by atoms with Gasteiger partial charge < -0.3 is 29.2 Å². The number of hydrogen-bond donors (Lipinski definition) is 1. The molecule has 1 N–H and O–H groups in total. The first-order valence-electron chi connectivity index (χ1n) is 13.8. The van der Waals surface area contributed by atoms with Gasteiger partial charge in [0.1, 0.15) is 11.6 Å². The molecule has 0 atom stereocenters. The van der Waals surface area contributed by atoms with Crippen molar-refractivity contribution in [3.63, 3.8) is 0 Å². The lowest BCUT2D eigenvalue weighted by molar-refractivity contribution is 0.122. The van der Waals surface area contributed by atoms with E-state index in [-0.39, 0.29) is 0 Å². The number of morpholine rings is 1. The molecule has 0 aliphatic carbocycles. The fourth-order valence-corrected chi connectivity index (χ4v) is 5.11. The Morgan fingerprint density at radius 3 is 2.31 bits per heavy atom. The summed E-state index contributed by atoms with van der Waals surface area (Å²) < 4.78 is 11.5. The second-order valence-electron chi connectivity index (χ2n) is 10.0. The molecule has 7 heteroatoms. The van der Waals surface area contributed by atoms with Crippen LogP contribution < -0.4 is 9.64 Å². The van der Waals surface area contributed by atoms with E-state index in [1.54, 1.807) is 0 Å². The minimum absolute atomic E-state index is 0.769. The summed E-state index contributed by atoms with van der Waals surface area (Å²) in [7, 11) is 0. The fourth-order valence-electron chi connectivity index (χ4n) is 5.11. The molecule has 1 aromatic heterocycles. The van der Waals surface area contributed by atoms with Crippen LogP contribution in [0.15, 0.2) is 42.5 Å². The zero-order valence-electron chi connectivity index (χ0n) is 21.8. The van der Waals surface area contributed by atoms with Gasteiger partial charge in [-0.3, -0.25) is 0 Å². The van der Waals surface area contributed by atoms with Crippen LogP contribution in [0.5, 0.6) is 5.75 Å². The van der Waals surface area contributed by atoms with E-state index in [4.69, 9.17) is 14.5 Å². The number of hydrogen-bond acceptors (Lipinski definition) is 6. The largest absolute Gasteiger partial charge is 0.494 e. The van der Waals surface area contributed by atoms with Gasteiger partial charge in [-0.1, -0.05) is 13.3 Å². The monoisotopic (exact) mass is 491 g/mol. The van der Waals surface area contributed by atoms with E-state index in [0.29, 0.717) is 0 Å². The Bertz CT molecular complexity index is 1070. The maximum atomic E-state index is 6.02. The minimum atomic E-state index is 0.769. The first-order valence-corrected chi connectivity index (χ1v) is 13.8. The third-order valence-electron chi connectivity index (χ3n) is 7.40. The van der Waals surface area contributed by atoms with Crippen molar-refractivity contribution in [1.29, 1.82) is 0 Å². The molecule has 0 spiro atoms. The summed E-state index contributed by atoms with van der Waals surface area (Å²) in [5.41, 5.74) is 4.35. The SMILES string of the molecule is CCCCN1CCN(CCCCOc2ccc(-c3nc4ccc(N5CCOCC5)cc4[nH]3)cc2)CC1. The number of benzene rings is 2. The molecule has 2 fully saturated rings. The van der Waals surface area contributed by atoms with Gasteiger partial charge in [0, 0.05) is 50.5 Å². The van der Waals surface area contributed by atoms with Crippen molar-refractivity contribution in [2.45, 2.75) is 32.6 Å². The molecule has 0 saturated carbocycles. The van der Waals surface area contributed by atoms with Crippen LogP contribution in [0, 0.1) is 0 Å². The number of fused-ring (bicyclic) bond motifs is 1. The normalized spacial score (nSPS) is 17.6. The van der Waals surface area contributed by atoms with Crippen LogP contribution in [0.25, 0.3) is 22.4 Å². The summed E-state index contributed by atoms with van der Waals surface area (Å²) in [5.74, 6) is 1.82. The fraction of sp³-hybridized carbons (Fsp3) is 0.552. The molecule has 194 valence electrons. The molecule has 2 aliphatic rings. The van der Waals surface area contributed by atoms with Gasteiger partial charge in [0.15, 0.2) is 0 Å². The lowest BCUT2D eigenvalue weighted by Gasteiger charge is -2.34. The molecule has 0 radical (unpaired) electrons. The third-order valence-corrected chi connectivity index (χ3v) is 7.40. The minimum Gasteiger partial charge on any atom is -0.494 e. The summed E-state index contributed by atoms with van der Waals surface area (Å²) >= 11 is 0. The van der Waals surface area contributed by atoms with Crippen LogP contribution in [0.3, 0.4) is 0 Å². The van der Waals surface area contributed by atoms with Crippen molar-refractivity contribution in [2.24, 2.45) is 0 Å². The molecule has 2 aliphatic heterocycles. The maximum absolute atomic E-state index is 6.02. The van der Waals surface area contributed by atoms with Crippen molar-refractivity contribution < 1.29 is 9.47 Å². The zero-order chi connectivity index (χ0) is 24.6. The first-order chi connectivity index (χ1) is 17.8. The van der Waals surface area contributed by atoms with E-state index >= 15 is 0 Å². The Kier molecular flexibility index (Phi) is 8.75. The van der Waals surface area contributed by atoms with Crippen molar-refractivity contribution in [3.8, 4) is 17.1 Å². The summed E-state index contributed by atoms with van der Waals surface area (Å²) in [4.78, 5) is 15.9. The number of nitrogens with zero attached hydrogens (tertiary/aromatic N) is 4. The van der Waals surface area contributed by atoms with Gasteiger partial charge >= 0.3 is 0 Å². The Morgan fingerprint density at radius 2 is 1.58 bits per heavy atom. The highest BCUT2D eigenvalue weighted by molar-refractivity contribution is 5.83. The van der Waals surface area contributed by atoms with Crippen molar-refractivity contribution in [1.82, 2.24) is 19.8 Å². The molecule has 36 heavy (non-hydrogen) atoms. The molecular weight excluding hydrogens is 450 g/mol. The standard InChI is InChI=1S/C29H41N5O2/c1-2-3-12-32-14-16-33(17-15-32)13-4-5-20-36-26-9-6-24(7-10-26)29-30-27-11-8-25(23-28(27)31-29)34-18-21-35-22-19-34/h6-11,23H,2-5,12-22H2,1H3,(H,30,31). The van der Waals surface area contributed by atoms with Gasteiger partial charge in [0.25, 0.3) is 0 Å². The highest BCUT2D eigenvalue weighted by Gasteiger charge is 2.16. The summed E-state index contributed by atoms with van der Waals surface area (Å²) in [5, 5.41) is 0. The van der Waals surface area contributed by atoms with Crippen LogP contribution in [0.4, 0.5) is 5.69 Å². The molecule has 3 aromatic rings. The molecule has 7 nitrogen and oxygen atoms in total. The third kappa shape index (κ3) is 6.58. The van der Waals surface area contributed by atoms with Gasteiger partial charge in [-0.25, -0.2) is 4.98 Å². The number of anilines is 1. The Balaban J connectivity index is 1.05. The predicted octanol–water partition coefficient (Wildman–Crippen LogP) is 4.64. The van der Waals surface area contributed by atoms with Gasteiger partial charge in [-0.05, 0) is 74.8 Å². The van der Waals surface area contributed by atoms with Crippen molar-refractivity contribution in [2.75, 3.05) is 77.1 Å². The number of aromatic nitrogens is 2. The zero-order valence-corrected chi connectivity index (χ0v) is 21.8. The Morgan fingerprint density at radius 1 is 0.861 bits per heavy atom. The highest BCUT2D eigenvalue weighted by Crippen LogP contribution is 2.26. The van der Waals surface area contributed by atoms with Crippen molar-refractivity contribution in [3.05, 3.63) is 42.5 Å². The Hall–Kier alpha value is -2.61. The number of imidazole rings is 1. The van der Waals surface area contributed by atoms with Crippen LogP contribution >= 0.6 is 0 Å². The van der Waals surface area contributed by atoms with Gasteiger partial charge in [0.2, 0.25) is 0 Å². The van der Waals surface area contributed by atoms with Crippen LogP contribution in [-0.4, -0.2) is 91.9 Å². The van der Waals surface area contributed by atoms with E-state index in [0.717, 1.165) is 67.5 Å². The molecule has 5 rings (SSSR count). The van der Waals surface area contributed by atoms with E-state index in [2.05, 4.69) is 69.1 Å². The topological polar surface area (TPSA) is 56.9 Å². The molecular formula is C29H41N5O2. The van der Waals surface area contributed by atoms with E-state index < -0.39 is 0 Å². The summed E-state index contributed by atoms with van der Waals surface area (Å²) in [6.07, 6.45) is 4.90. The average Bonchev–Trinajstić information content (AvgIpc) is 3.37. The van der Waals surface area contributed by atoms with E-state index in [1.165, 1.54) is 64.2 Å². The van der Waals surface area contributed by atoms with Gasteiger partial charge in [-0.15, -0.1) is 0 Å². The van der Waals surface area contributed by atoms with Crippen LogP contribution in [0.1, 0.15) is 32.6 Å². The second-order valence-corrected chi connectivity index (χ2v) is 10.0. The van der Waals surface area contributed by atoms with Crippen LogP contribution in [0.2, 0.25) is 0 Å². The summed E-state index contributed by atoms with van der Waals surface area (Å²) in [6, 6.07) is 14.7. The number of unbranched alkanes of at least 4 members (excludes halogenated alkanes) is 2. The van der Waals surface area contributed by atoms with Crippen LogP contribution in [-0.2, 0) is 4.74 Å². The average molecular weight is 492 g/mol. The lowest BCUT2D eigenvalue weighted by atomic mass is 10.2. The quantitative estimate of drug-likeness (QED) is 0.394. The molecule has 2 saturated heterocycles. The Labute approximate surface area is 215 Å². The summed E-state index contributed by atoms with van der Waals surface area (Å²) in [6.45, 7) is 13.8. The van der Waals surface area contributed by atoms with E-state index in [1.807, 2.05) is 0 Å². The number of rotatable bonds is 11. The number of nitrogens with one attached hydrogen (secondary N) is 1. The highest BCUT2D eigenvalue weighted by atomic mass is 16.5. The maximum Gasteiger partial charge on any atom is 0.138 e. The number of H-pyrrole nitrogens is 1. The smallest absolute Gasteiger partial charge is 0.138 e. The number of ether oxygens (including phenoxy) is 2. The molecule has 2 aromatic carbocycles. The molecule has 0 amide bonds. The number of aromatic amines is 1. The van der Waals surface area contributed by atoms with Crippen molar-refractivity contribution >= 4 is 16.7 Å². The lowest BCUT2D eigenvalue weighted by Crippen LogP contribution is -2.46. The van der Waals surface area contributed by atoms with Gasteiger partial charge in [-0.2, -0.15) is 0 Å². The molecule has 3 heterocycles. The molecule has 0 bridgehead atoms. The van der Waals surface area contributed by atoms with E-state index in [9.17, 15) is 0 Å². The molecule has 0 unspecified atom stereocenters. The number of piperazine rings is 1. The van der Waals surface area contributed by atoms with Gasteiger partial charge in [0.05, 0.1) is 30.9 Å². The predicted molar refractivity (Wildman–Crippen MR) is 147 cm³/mol. The first kappa shape index (κ1) is 25.1. The second kappa shape index (κ2) is 12.6.